The molecule has 1 atom stereocenters. The van der Waals surface area contributed by atoms with Crippen LogP contribution in [0.2, 0.25) is 0 Å². The molecule has 1 aromatic heterocycles. The van der Waals surface area contributed by atoms with Gasteiger partial charge in [0.05, 0.1) is 6.04 Å². The summed E-state index contributed by atoms with van der Waals surface area (Å²) in [6.07, 6.45) is 1.09. The third-order valence-electron chi connectivity index (χ3n) is 2.41. The Bertz CT molecular complexity index is 496. The molecule has 1 heterocycles. The minimum absolute atomic E-state index is 0.0356. The zero-order valence-corrected chi connectivity index (χ0v) is 10.9. The fraction of sp³-hybridized carbons (Fsp3) is 0.600. The highest BCUT2D eigenvalue weighted by Crippen LogP contribution is 2.03. The number of aromatic nitrogens is 3. The van der Waals surface area contributed by atoms with Crippen molar-refractivity contribution in [2.45, 2.75) is 33.4 Å². The molecule has 0 aliphatic heterocycles. The van der Waals surface area contributed by atoms with Crippen LogP contribution in [-0.2, 0) is 16.1 Å². The third kappa shape index (κ3) is 4.12. The number of carbonyl (C=O) groups excluding carboxylic acids is 2. The van der Waals surface area contributed by atoms with Crippen molar-refractivity contribution < 1.29 is 14.5 Å². The average Bonchev–Trinajstić information content (AvgIpc) is 2.73. The van der Waals surface area contributed by atoms with Gasteiger partial charge in [-0.1, -0.05) is 18.8 Å². The summed E-state index contributed by atoms with van der Waals surface area (Å²) < 4.78 is 1.05. The minimum atomic E-state index is -0.749. The molecule has 0 aliphatic rings. The van der Waals surface area contributed by atoms with Crippen molar-refractivity contribution in [2.24, 2.45) is 5.92 Å². The summed E-state index contributed by atoms with van der Waals surface area (Å²) in [4.78, 5) is 36.1. The number of nitro groups is 1. The number of nitrogens with zero attached hydrogens (tertiary/aromatic N) is 4. The Morgan fingerprint density at radius 3 is 2.58 bits per heavy atom. The second-order valence-electron chi connectivity index (χ2n) is 4.40. The smallest absolute Gasteiger partial charge is 0.390 e. The Hall–Kier alpha value is -2.32. The summed E-state index contributed by atoms with van der Waals surface area (Å²) in [5, 5.41) is 16.4. The normalized spacial score (nSPS) is 12.2. The zero-order valence-electron chi connectivity index (χ0n) is 10.9. The van der Waals surface area contributed by atoms with E-state index in [1.54, 1.807) is 0 Å². The van der Waals surface area contributed by atoms with Crippen molar-refractivity contribution in [2.75, 3.05) is 0 Å². The predicted octanol–water partition coefficient (Wildman–Crippen LogP) is -0.0839. The van der Waals surface area contributed by atoms with Gasteiger partial charge in [0.15, 0.2) is 5.78 Å². The van der Waals surface area contributed by atoms with Crippen LogP contribution in [0.1, 0.15) is 20.8 Å². The largest absolute Gasteiger partial charge is 0.490 e. The minimum Gasteiger partial charge on any atom is -0.390 e. The molecule has 0 bridgehead atoms. The second kappa shape index (κ2) is 6.03. The molecule has 0 radical (unpaired) electrons. The highest BCUT2D eigenvalue weighted by Gasteiger charge is 2.22. The van der Waals surface area contributed by atoms with E-state index in [9.17, 15) is 19.7 Å². The quantitative estimate of drug-likeness (QED) is 0.569. The van der Waals surface area contributed by atoms with E-state index in [1.165, 1.54) is 6.92 Å². The lowest BCUT2D eigenvalue weighted by Crippen LogP contribution is -2.44. The molecule has 104 valence electrons. The van der Waals surface area contributed by atoms with Gasteiger partial charge in [0.25, 0.3) is 0 Å². The first-order valence-corrected chi connectivity index (χ1v) is 5.65. The maximum Gasteiger partial charge on any atom is 0.490 e. The molecule has 1 aromatic rings. The Morgan fingerprint density at radius 2 is 2.16 bits per heavy atom. The first-order chi connectivity index (χ1) is 8.81. The maximum absolute atomic E-state index is 11.7. The van der Waals surface area contributed by atoms with Crippen molar-refractivity contribution in [1.29, 1.82) is 0 Å². The monoisotopic (exact) mass is 269 g/mol. The molecule has 0 fully saturated rings. The topological polar surface area (TPSA) is 120 Å². The molecule has 1 unspecified atom stereocenters. The van der Waals surface area contributed by atoms with E-state index >= 15 is 0 Å². The van der Waals surface area contributed by atoms with Crippen molar-refractivity contribution in [1.82, 2.24) is 20.1 Å². The molecule has 1 rings (SSSR count). The summed E-state index contributed by atoms with van der Waals surface area (Å²) in [6.45, 7) is 4.79. The van der Waals surface area contributed by atoms with E-state index in [4.69, 9.17) is 0 Å². The first kappa shape index (κ1) is 14.7. The van der Waals surface area contributed by atoms with Gasteiger partial charge < -0.3 is 15.4 Å². The van der Waals surface area contributed by atoms with Gasteiger partial charge in [-0.3, -0.25) is 9.59 Å². The molecule has 9 heteroatoms. The lowest BCUT2D eigenvalue weighted by atomic mass is 10.0. The zero-order chi connectivity index (χ0) is 14.6. The lowest BCUT2D eigenvalue weighted by molar-refractivity contribution is -0.394. The van der Waals surface area contributed by atoms with Gasteiger partial charge in [-0.15, -0.1) is 0 Å². The van der Waals surface area contributed by atoms with Crippen molar-refractivity contribution in [3.63, 3.8) is 0 Å². The van der Waals surface area contributed by atoms with E-state index in [1.807, 2.05) is 13.8 Å². The fourth-order valence-corrected chi connectivity index (χ4v) is 1.55. The molecule has 19 heavy (non-hydrogen) atoms. The van der Waals surface area contributed by atoms with E-state index in [2.05, 4.69) is 15.4 Å². The van der Waals surface area contributed by atoms with Gasteiger partial charge in [0.1, 0.15) is 6.54 Å². The average molecular weight is 269 g/mol. The predicted molar refractivity (Wildman–Crippen MR) is 64.1 cm³/mol. The number of Topliss-reactive ketones (excluding diaryl/α,β-unsaturated/α-hetero) is 1. The van der Waals surface area contributed by atoms with Crippen molar-refractivity contribution >= 4 is 17.6 Å². The standard InChI is InChI=1S/C10H15N5O4/c1-6(2)9(7(3)16)12-8(17)4-14-5-11-10(13-14)15(18)19/h5-6,9H,4H2,1-3H3,(H,12,17). The van der Waals surface area contributed by atoms with Crippen molar-refractivity contribution in [3.05, 3.63) is 16.4 Å². The molecule has 1 amide bonds. The van der Waals surface area contributed by atoms with E-state index in [-0.39, 0.29) is 18.2 Å². The van der Waals surface area contributed by atoms with Crippen LogP contribution in [0.15, 0.2) is 6.33 Å². The highest BCUT2D eigenvalue weighted by atomic mass is 16.6. The van der Waals surface area contributed by atoms with Crippen LogP contribution in [0, 0.1) is 16.0 Å². The number of hydrogen-bond donors (Lipinski definition) is 1. The molecular formula is C10H15N5O4. The van der Waals surface area contributed by atoms with Crippen LogP contribution in [0.3, 0.4) is 0 Å². The summed E-state index contributed by atoms with van der Waals surface area (Å²) in [6, 6.07) is -0.578. The number of ketones is 1. The molecule has 0 aliphatic carbocycles. The fourth-order valence-electron chi connectivity index (χ4n) is 1.55. The molecular weight excluding hydrogens is 254 g/mol. The van der Waals surface area contributed by atoms with Crippen LogP contribution < -0.4 is 5.32 Å². The Labute approximate surface area is 109 Å². The number of carbonyl (C=O) groups is 2. The van der Waals surface area contributed by atoms with Crippen molar-refractivity contribution in [3.8, 4) is 0 Å². The maximum atomic E-state index is 11.7. The van der Waals surface area contributed by atoms with Gasteiger partial charge in [-0.05, 0) is 17.8 Å². The molecule has 1 N–H and O–H groups in total. The Morgan fingerprint density at radius 1 is 1.53 bits per heavy atom. The molecule has 0 aromatic carbocycles. The lowest BCUT2D eigenvalue weighted by Gasteiger charge is -2.18. The summed E-state index contributed by atoms with van der Waals surface area (Å²) in [5.41, 5.74) is 0. The summed E-state index contributed by atoms with van der Waals surface area (Å²) >= 11 is 0. The SMILES string of the molecule is CC(=O)C(NC(=O)Cn1cnc([N+](=O)[O-])n1)C(C)C. The van der Waals surface area contributed by atoms with Crippen LogP contribution in [-0.4, -0.2) is 37.4 Å². The van der Waals surface area contributed by atoms with E-state index < -0.39 is 22.8 Å². The van der Waals surface area contributed by atoms with Gasteiger partial charge >= 0.3 is 5.95 Å². The molecule has 0 saturated carbocycles. The number of hydrogen-bond acceptors (Lipinski definition) is 6. The molecule has 9 nitrogen and oxygen atoms in total. The number of amides is 1. The van der Waals surface area contributed by atoms with Crippen LogP contribution in [0.25, 0.3) is 0 Å². The van der Waals surface area contributed by atoms with Crippen LogP contribution >= 0.6 is 0 Å². The Balaban J connectivity index is 2.63. The molecule has 0 spiro atoms. The molecule has 0 saturated heterocycles. The summed E-state index contributed by atoms with van der Waals surface area (Å²) in [5.74, 6) is -1.20. The highest BCUT2D eigenvalue weighted by molar-refractivity contribution is 5.87. The number of nitrogens with one attached hydrogen (secondary N) is 1. The summed E-state index contributed by atoms with van der Waals surface area (Å²) in [7, 11) is 0. The van der Waals surface area contributed by atoms with Gasteiger partial charge in [-0.25, -0.2) is 0 Å². The van der Waals surface area contributed by atoms with Gasteiger partial charge in [-0.2, -0.15) is 4.68 Å². The first-order valence-electron chi connectivity index (χ1n) is 5.65. The van der Waals surface area contributed by atoms with E-state index in [0.717, 1.165) is 11.0 Å². The van der Waals surface area contributed by atoms with Gasteiger partial charge in [0.2, 0.25) is 12.2 Å². The number of rotatable bonds is 6. The second-order valence-corrected chi connectivity index (χ2v) is 4.40. The van der Waals surface area contributed by atoms with Crippen LogP contribution in [0.4, 0.5) is 5.95 Å². The van der Waals surface area contributed by atoms with Crippen LogP contribution in [0.5, 0.6) is 0 Å². The van der Waals surface area contributed by atoms with E-state index in [0.29, 0.717) is 0 Å². The third-order valence-corrected chi connectivity index (χ3v) is 2.41. The Kier molecular flexibility index (Phi) is 4.67. The van der Waals surface area contributed by atoms with Gasteiger partial charge in [0, 0.05) is 5.10 Å².